The number of sulfone groups is 1. The molecule has 0 saturated carbocycles. The first-order valence-electron chi connectivity index (χ1n) is 8.13. The third-order valence-electron chi connectivity index (χ3n) is 4.33. The van der Waals surface area contributed by atoms with Gasteiger partial charge in [-0.2, -0.15) is 0 Å². The first kappa shape index (κ1) is 16.4. The summed E-state index contributed by atoms with van der Waals surface area (Å²) in [5.74, 6) is -0.227. The van der Waals surface area contributed by atoms with Crippen LogP contribution in [0.5, 0.6) is 0 Å². The van der Waals surface area contributed by atoms with Crippen molar-refractivity contribution >= 4 is 27.1 Å². The van der Waals surface area contributed by atoms with Gasteiger partial charge in [-0.15, -0.1) is 0 Å². The molecule has 0 saturated heterocycles. The quantitative estimate of drug-likeness (QED) is 0.772. The Morgan fingerprint density at radius 3 is 2.27 bits per heavy atom. The molecule has 4 rings (SSSR count). The zero-order valence-corrected chi connectivity index (χ0v) is 14.6. The lowest BCUT2D eigenvalue weighted by Gasteiger charge is -2.31. The summed E-state index contributed by atoms with van der Waals surface area (Å²) in [6.07, 6.45) is 0. The molecule has 0 aromatic heterocycles. The number of amides is 1. The highest BCUT2D eigenvalue weighted by Crippen LogP contribution is 2.33. The van der Waals surface area contributed by atoms with Gasteiger partial charge in [0.05, 0.1) is 27.7 Å². The highest BCUT2D eigenvalue weighted by molar-refractivity contribution is 7.91. The first-order valence-corrected chi connectivity index (χ1v) is 9.61. The molecule has 1 heterocycles. The Balaban J connectivity index is 1.82. The van der Waals surface area contributed by atoms with Crippen LogP contribution in [0.1, 0.15) is 10.4 Å². The molecule has 1 amide bonds. The summed E-state index contributed by atoms with van der Waals surface area (Å²) in [5.41, 5.74) is 1.63. The minimum absolute atomic E-state index is 0.112. The maximum Gasteiger partial charge on any atom is 0.261 e. The summed E-state index contributed by atoms with van der Waals surface area (Å²) in [7, 11) is -3.74. The molecule has 5 nitrogen and oxygen atoms in total. The normalized spacial score (nSPS) is 13.8. The predicted octanol–water partition coefficient (Wildman–Crippen LogP) is 3.55. The van der Waals surface area contributed by atoms with Crippen molar-refractivity contribution in [2.75, 3.05) is 16.9 Å². The van der Waals surface area contributed by atoms with Gasteiger partial charge in [-0.05, 0) is 36.4 Å². The average Bonchev–Trinajstić information content (AvgIpc) is 2.69. The van der Waals surface area contributed by atoms with Crippen molar-refractivity contribution in [1.82, 2.24) is 0 Å². The molecule has 6 heteroatoms. The van der Waals surface area contributed by atoms with Crippen molar-refractivity contribution < 1.29 is 13.2 Å². The Morgan fingerprint density at radius 2 is 1.46 bits per heavy atom. The highest BCUT2D eigenvalue weighted by atomic mass is 32.2. The van der Waals surface area contributed by atoms with Crippen LogP contribution in [0.25, 0.3) is 0 Å². The zero-order chi connectivity index (χ0) is 18.1. The van der Waals surface area contributed by atoms with Crippen molar-refractivity contribution in [3.8, 4) is 0 Å². The molecule has 130 valence electrons. The Kier molecular flexibility index (Phi) is 3.97. The van der Waals surface area contributed by atoms with Gasteiger partial charge in [0, 0.05) is 5.69 Å². The number of anilines is 2. The summed E-state index contributed by atoms with van der Waals surface area (Å²) in [6.45, 7) is 0.206. The van der Waals surface area contributed by atoms with E-state index in [1.165, 1.54) is 11.0 Å². The summed E-state index contributed by atoms with van der Waals surface area (Å²) >= 11 is 0. The Morgan fingerprint density at radius 1 is 0.808 bits per heavy atom. The molecule has 0 unspecified atom stereocenters. The number of para-hydroxylation sites is 2. The number of carbonyl (C=O) groups is 1. The van der Waals surface area contributed by atoms with Gasteiger partial charge < -0.3 is 5.32 Å². The minimum Gasteiger partial charge on any atom is -0.367 e. The predicted molar refractivity (Wildman–Crippen MR) is 100 cm³/mol. The van der Waals surface area contributed by atoms with Crippen LogP contribution < -0.4 is 10.2 Å². The fourth-order valence-corrected chi connectivity index (χ4v) is 4.51. The Labute approximate surface area is 151 Å². The molecule has 3 aromatic carbocycles. The standard InChI is InChI=1S/C20H16N2O3S/c23-20-16-10-4-5-11-17(16)21-14-22(20)18-12-6-7-13-19(18)26(24,25)15-8-2-1-3-9-15/h1-13,21H,14H2. The van der Waals surface area contributed by atoms with Gasteiger partial charge in [0.1, 0.15) is 0 Å². The number of hydrogen-bond donors (Lipinski definition) is 1. The van der Waals surface area contributed by atoms with E-state index in [0.717, 1.165) is 5.69 Å². The van der Waals surface area contributed by atoms with Crippen molar-refractivity contribution in [2.24, 2.45) is 0 Å². The van der Waals surface area contributed by atoms with E-state index in [1.54, 1.807) is 60.7 Å². The summed E-state index contributed by atoms with van der Waals surface area (Å²) in [5, 5.41) is 3.17. The summed E-state index contributed by atoms with van der Waals surface area (Å²) in [4.78, 5) is 14.7. The lowest BCUT2D eigenvalue weighted by atomic mass is 10.1. The van der Waals surface area contributed by atoms with Gasteiger partial charge >= 0.3 is 0 Å². The molecule has 1 aliphatic heterocycles. The van der Waals surface area contributed by atoms with Gasteiger partial charge in [0.15, 0.2) is 0 Å². The van der Waals surface area contributed by atoms with E-state index in [9.17, 15) is 13.2 Å². The number of carbonyl (C=O) groups excluding carboxylic acids is 1. The Hall–Kier alpha value is -3.12. The van der Waals surface area contributed by atoms with Crippen LogP contribution in [0.4, 0.5) is 11.4 Å². The fourth-order valence-electron chi connectivity index (χ4n) is 3.03. The van der Waals surface area contributed by atoms with Crippen LogP contribution in [-0.4, -0.2) is 21.0 Å². The van der Waals surface area contributed by atoms with Crippen LogP contribution in [0, 0.1) is 0 Å². The lowest BCUT2D eigenvalue weighted by Crippen LogP contribution is -2.40. The number of fused-ring (bicyclic) bond motifs is 1. The number of hydrogen-bond acceptors (Lipinski definition) is 4. The van der Waals surface area contributed by atoms with Crippen molar-refractivity contribution in [1.29, 1.82) is 0 Å². The van der Waals surface area contributed by atoms with Gasteiger partial charge in [0.25, 0.3) is 5.91 Å². The zero-order valence-electron chi connectivity index (χ0n) is 13.8. The van der Waals surface area contributed by atoms with E-state index >= 15 is 0 Å². The van der Waals surface area contributed by atoms with E-state index in [2.05, 4.69) is 5.32 Å². The van der Waals surface area contributed by atoms with E-state index in [1.807, 2.05) is 12.1 Å². The van der Waals surface area contributed by atoms with Crippen molar-refractivity contribution in [3.05, 3.63) is 84.4 Å². The van der Waals surface area contributed by atoms with Gasteiger partial charge in [-0.1, -0.05) is 42.5 Å². The molecule has 0 aliphatic carbocycles. The average molecular weight is 364 g/mol. The maximum atomic E-state index is 13.1. The smallest absolute Gasteiger partial charge is 0.261 e. The molecule has 0 radical (unpaired) electrons. The Bertz CT molecular complexity index is 1080. The fraction of sp³-hybridized carbons (Fsp3) is 0.0500. The van der Waals surface area contributed by atoms with Crippen LogP contribution in [0.15, 0.2) is 88.7 Å². The first-order chi connectivity index (χ1) is 12.6. The third kappa shape index (κ3) is 2.64. The molecule has 0 atom stereocenters. The van der Waals surface area contributed by atoms with E-state index < -0.39 is 9.84 Å². The largest absolute Gasteiger partial charge is 0.367 e. The summed E-state index contributed by atoms with van der Waals surface area (Å²) < 4.78 is 26.2. The van der Waals surface area contributed by atoms with E-state index in [0.29, 0.717) is 11.3 Å². The van der Waals surface area contributed by atoms with Crippen LogP contribution >= 0.6 is 0 Å². The van der Waals surface area contributed by atoms with Crippen molar-refractivity contribution in [3.63, 3.8) is 0 Å². The second-order valence-electron chi connectivity index (χ2n) is 5.90. The number of nitrogens with zero attached hydrogens (tertiary/aromatic N) is 1. The summed E-state index contributed by atoms with van der Waals surface area (Å²) in [6, 6.07) is 22.0. The highest BCUT2D eigenvalue weighted by Gasteiger charge is 2.30. The van der Waals surface area contributed by atoms with Gasteiger partial charge in [-0.3, -0.25) is 9.69 Å². The van der Waals surface area contributed by atoms with Gasteiger partial charge in [-0.25, -0.2) is 8.42 Å². The van der Waals surface area contributed by atoms with Crippen molar-refractivity contribution in [2.45, 2.75) is 9.79 Å². The molecular formula is C20H16N2O3S. The van der Waals surface area contributed by atoms with E-state index in [4.69, 9.17) is 0 Å². The van der Waals surface area contributed by atoms with Crippen LogP contribution in [-0.2, 0) is 9.84 Å². The lowest BCUT2D eigenvalue weighted by molar-refractivity contribution is 0.0985. The molecular weight excluding hydrogens is 348 g/mol. The third-order valence-corrected chi connectivity index (χ3v) is 6.15. The molecule has 1 N–H and O–H groups in total. The minimum atomic E-state index is -3.74. The topological polar surface area (TPSA) is 66.5 Å². The second-order valence-corrected chi connectivity index (χ2v) is 7.82. The molecule has 1 aliphatic rings. The number of benzene rings is 3. The molecule has 3 aromatic rings. The molecule has 0 spiro atoms. The van der Waals surface area contributed by atoms with E-state index in [-0.39, 0.29) is 22.4 Å². The monoisotopic (exact) mass is 364 g/mol. The van der Waals surface area contributed by atoms with Crippen LogP contribution in [0.2, 0.25) is 0 Å². The second kappa shape index (κ2) is 6.31. The number of nitrogens with one attached hydrogen (secondary N) is 1. The van der Waals surface area contributed by atoms with Gasteiger partial charge in [0.2, 0.25) is 9.84 Å². The number of rotatable bonds is 3. The molecule has 0 bridgehead atoms. The maximum absolute atomic E-state index is 13.1. The van der Waals surface area contributed by atoms with Crippen LogP contribution in [0.3, 0.4) is 0 Å². The SMILES string of the molecule is O=C1c2ccccc2NCN1c1ccccc1S(=O)(=O)c1ccccc1. The molecule has 0 fully saturated rings. The molecule has 26 heavy (non-hydrogen) atoms.